The van der Waals surface area contributed by atoms with Gasteiger partial charge in [-0.3, -0.25) is 14.2 Å². The Kier molecular flexibility index (Phi) is 7.38. The Balaban J connectivity index is 1.29. The molecule has 216 valence electrons. The van der Waals surface area contributed by atoms with Crippen LogP contribution in [-0.4, -0.2) is 43.5 Å². The molecule has 2 aromatic carbocycles. The largest absolute Gasteiger partial charge is 0.439 e. The molecule has 0 atom stereocenters. The fourth-order valence-electron chi connectivity index (χ4n) is 5.50. The van der Waals surface area contributed by atoms with Gasteiger partial charge in [0.15, 0.2) is 0 Å². The lowest BCUT2D eigenvalue weighted by Crippen LogP contribution is -2.43. The van der Waals surface area contributed by atoms with Crippen molar-refractivity contribution in [2.45, 2.75) is 44.7 Å². The summed E-state index contributed by atoms with van der Waals surface area (Å²) in [7, 11) is 2.00. The number of hydrogen-bond donors (Lipinski definition) is 1. The zero-order chi connectivity index (χ0) is 29.4. The summed E-state index contributed by atoms with van der Waals surface area (Å²) in [6.45, 7) is 1.47. The van der Waals surface area contributed by atoms with Crippen LogP contribution < -0.4 is 21.3 Å². The lowest BCUT2D eigenvalue weighted by atomic mass is 10.1. The summed E-state index contributed by atoms with van der Waals surface area (Å²) in [5.41, 5.74) is -0.196. The number of fused-ring (bicyclic) bond motifs is 1. The van der Waals surface area contributed by atoms with Gasteiger partial charge in [0.2, 0.25) is 5.88 Å². The molecule has 4 aromatic rings. The maximum Gasteiger partial charge on any atom is 0.335 e. The Labute approximate surface area is 239 Å². The summed E-state index contributed by atoms with van der Waals surface area (Å²) in [6.07, 6.45) is 6.57. The van der Waals surface area contributed by atoms with Crippen LogP contribution in [0.3, 0.4) is 0 Å². The zero-order valence-corrected chi connectivity index (χ0v) is 22.8. The van der Waals surface area contributed by atoms with E-state index >= 15 is 4.39 Å². The van der Waals surface area contributed by atoms with Crippen LogP contribution in [0.5, 0.6) is 11.6 Å². The number of ether oxygens (including phenoxy) is 1. The minimum atomic E-state index is -0.891. The number of amides is 1. The number of hydrogen-bond acceptors (Lipinski definition) is 7. The van der Waals surface area contributed by atoms with Gasteiger partial charge in [0.25, 0.3) is 11.5 Å². The highest BCUT2D eigenvalue weighted by Crippen LogP contribution is 2.30. The highest BCUT2D eigenvalue weighted by Gasteiger charge is 2.25. The van der Waals surface area contributed by atoms with Gasteiger partial charge in [0, 0.05) is 37.0 Å². The topological polar surface area (TPSA) is 111 Å². The molecule has 0 radical (unpaired) electrons. The van der Waals surface area contributed by atoms with Gasteiger partial charge in [-0.15, -0.1) is 0 Å². The summed E-state index contributed by atoms with van der Waals surface area (Å²) < 4.78 is 36.8. The molecule has 1 saturated carbocycles. The van der Waals surface area contributed by atoms with Gasteiger partial charge in [-0.05, 0) is 62.7 Å². The van der Waals surface area contributed by atoms with Crippen molar-refractivity contribution in [3.63, 3.8) is 0 Å². The van der Waals surface area contributed by atoms with E-state index in [1.54, 1.807) is 0 Å². The van der Waals surface area contributed by atoms with E-state index in [2.05, 4.69) is 20.2 Å². The number of nitrogens with zero attached hydrogens (tertiary/aromatic N) is 5. The monoisotopic (exact) mass is 574 g/mol. The van der Waals surface area contributed by atoms with Crippen molar-refractivity contribution in [2.75, 3.05) is 18.9 Å². The molecule has 1 N–H and O–H groups in total. The fraction of sp³-hybridized carbons (Fsp3) is 0.300. The average molecular weight is 575 g/mol. The van der Waals surface area contributed by atoms with Gasteiger partial charge in [0.05, 0.1) is 17.1 Å². The molecule has 2 aliphatic rings. The molecular weight excluding hydrogens is 546 g/mol. The minimum Gasteiger partial charge on any atom is -0.439 e. The maximum absolute atomic E-state index is 15.2. The smallest absolute Gasteiger partial charge is 0.335 e. The summed E-state index contributed by atoms with van der Waals surface area (Å²) in [5, 5.41) is 2.45. The molecule has 10 nitrogen and oxygen atoms in total. The van der Waals surface area contributed by atoms with E-state index in [0.717, 1.165) is 53.4 Å². The number of anilines is 1. The van der Waals surface area contributed by atoms with E-state index in [9.17, 15) is 18.8 Å². The fourth-order valence-corrected chi connectivity index (χ4v) is 5.50. The Morgan fingerprint density at radius 2 is 1.81 bits per heavy atom. The van der Waals surface area contributed by atoms with Crippen molar-refractivity contribution >= 4 is 11.6 Å². The molecule has 0 spiro atoms. The van der Waals surface area contributed by atoms with Crippen LogP contribution in [0.4, 0.5) is 14.5 Å². The van der Waals surface area contributed by atoms with Gasteiger partial charge in [-0.25, -0.2) is 28.1 Å². The second-order valence-corrected chi connectivity index (χ2v) is 10.6. The highest BCUT2D eigenvalue weighted by atomic mass is 19.1. The number of carbonyl (C=O) groups excluding carboxylic acids is 1. The summed E-state index contributed by atoms with van der Waals surface area (Å²) in [4.78, 5) is 50.8. The van der Waals surface area contributed by atoms with Crippen LogP contribution in [0.1, 0.15) is 53.3 Å². The first-order chi connectivity index (χ1) is 20.3. The Hall–Kier alpha value is -4.71. The Bertz CT molecular complexity index is 1780. The van der Waals surface area contributed by atoms with Crippen LogP contribution in [0.2, 0.25) is 0 Å². The molecule has 0 saturated heterocycles. The first kappa shape index (κ1) is 27.5. The summed E-state index contributed by atoms with van der Waals surface area (Å²) in [5.74, 6) is -1.68. The normalized spacial score (nSPS) is 15.4. The molecule has 1 fully saturated rings. The first-order valence-electron chi connectivity index (χ1n) is 13.7. The molecular formula is C30H28F2N6O4. The number of carbonyl (C=O) groups is 1. The minimum absolute atomic E-state index is 0.124. The maximum atomic E-state index is 15.2. The van der Waals surface area contributed by atoms with Gasteiger partial charge in [-0.1, -0.05) is 12.8 Å². The van der Waals surface area contributed by atoms with Crippen LogP contribution >= 0.6 is 0 Å². The van der Waals surface area contributed by atoms with Gasteiger partial charge in [-0.2, -0.15) is 0 Å². The molecule has 1 amide bonds. The summed E-state index contributed by atoms with van der Waals surface area (Å²) >= 11 is 0. The molecule has 0 bridgehead atoms. The van der Waals surface area contributed by atoms with Crippen LogP contribution in [0.15, 0.2) is 64.6 Å². The number of likely N-dealkylation sites (N-methyl/N-ethyl adjacent to an activating group) is 1. The van der Waals surface area contributed by atoms with Crippen LogP contribution in [0, 0.1) is 11.6 Å². The van der Waals surface area contributed by atoms with E-state index in [1.165, 1.54) is 41.4 Å². The van der Waals surface area contributed by atoms with Crippen molar-refractivity contribution in [3.8, 4) is 17.3 Å². The van der Waals surface area contributed by atoms with E-state index < -0.39 is 28.8 Å². The van der Waals surface area contributed by atoms with E-state index in [0.29, 0.717) is 31.7 Å². The second kappa shape index (κ2) is 11.3. The average Bonchev–Trinajstić information content (AvgIpc) is 3.50. The highest BCUT2D eigenvalue weighted by molar-refractivity contribution is 6.04. The molecule has 3 heterocycles. The molecule has 6 rings (SSSR count). The van der Waals surface area contributed by atoms with Crippen molar-refractivity contribution in [2.24, 2.45) is 0 Å². The SMILES string of the molecule is CN1CCc2c(ncnc2Oc2ccc(NC(=O)c3cn(C4CCCC4)c(=O)n(-c4ccc(F)cc4)c3=O)c(F)c2)C1. The van der Waals surface area contributed by atoms with E-state index in [1.807, 2.05) is 7.05 Å². The number of halogens is 2. The first-order valence-corrected chi connectivity index (χ1v) is 13.7. The molecule has 0 unspecified atom stereocenters. The number of rotatable bonds is 6. The third-order valence-electron chi connectivity index (χ3n) is 7.72. The van der Waals surface area contributed by atoms with E-state index in [-0.39, 0.29) is 28.7 Å². The van der Waals surface area contributed by atoms with Crippen molar-refractivity contribution < 1.29 is 18.3 Å². The molecule has 1 aliphatic heterocycles. The molecule has 2 aromatic heterocycles. The van der Waals surface area contributed by atoms with Crippen LogP contribution in [-0.2, 0) is 13.0 Å². The van der Waals surface area contributed by atoms with Crippen molar-refractivity contribution in [3.05, 3.63) is 104 Å². The van der Waals surface area contributed by atoms with E-state index in [4.69, 9.17) is 4.74 Å². The van der Waals surface area contributed by atoms with Crippen LogP contribution in [0.25, 0.3) is 5.69 Å². The van der Waals surface area contributed by atoms with Gasteiger partial charge in [0.1, 0.15) is 29.3 Å². The zero-order valence-electron chi connectivity index (χ0n) is 22.8. The number of benzene rings is 2. The quantitative estimate of drug-likeness (QED) is 0.367. The predicted octanol–water partition coefficient (Wildman–Crippen LogP) is 4.22. The Morgan fingerprint density at radius 3 is 2.55 bits per heavy atom. The van der Waals surface area contributed by atoms with Gasteiger partial charge >= 0.3 is 5.69 Å². The lowest BCUT2D eigenvalue weighted by molar-refractivity contribution is 0.102. The molecule has 42 heavy (non-hydrogen) atoms. The van der Waals surface area contributed by atoms with Crippen molar-refractivity contribution in [1.82, 2.24) is 24.0 Å². The van der Waals surface area contributed by atoms with Crippen molar-refractivity contribution in [1.29, 1.82) is 0 Å². The standard InChI is InChI=1S/C30H28F2N6O4/c1-36-13-12-22-26(16-36)33-17-34-28(22)42-21-10-11-25(24(32)14-21)35-27(39)23-15-37(19-4-2-3-5-19)30(41)38(29(23)40)20-8-6-18(31)7-9-20/h6-11,14-15,17,19H,2-5,12-13,16H2,1H3,(H,35,39). The third kappa shape index (κ3) is 5.32. The molecule has 12 heteroatoms. The number of nitrogens with one attached hydrogen (secondary N) is 1. The molecule has 1 aliphatic carbocycles. The Morgan fingerprint density at radius 1 is 1.05 bits per heavy atom. The van der Waals surface area contributed by atoms with Gasteiger partial charge < -0.3 is 15.0 Å². The number of aromatic nitrogens is 4. The summed E-state index contributed by atoms with van der Waals surface area (Å²) in [6, 6.07) is 8.58. The second-order valence-electron chi connectivity index (χ2n) is 10.6. The predicted molar refractivity (Wildman–Crippen MR) is 150 cm³/mol. The lowest BCUT2D eigenvalue weighted by Gasteiger charge is -2.24. The third-order valence-corrected chi connectivity index (χ3v) is 7.72.